The zero-order valence-corrected chi connectivity index (χ0v) is 23.1. The molecule has 15 heteroatoms. The third kappa shape index (κ3) is 5.09. The van der Waals surface area contributed by atoms with Crippen LogP contribution >= 0.6 is 11.6 Å². The Kier molecular flexibility index (Phi) is 6.75. The van der Waals surface area contributed by atoms with Crippen LogP contribution in [0, 0.1) is 24.6 Å². The van der Waals surface area contributed by atoms with Crippen LogP contribution in [-0.2, 0) is 5.34 Å². The highest BCUT2D eigenvalue weighted by atomic mass is 35.5. The SMILES string of the molecule is BC(B)(B)C(B)(B)n1nc(N[C@@H]2[C@@H]3CC[C@H]2CN(c2cc(C)ncn2)C3)nc1Oc1ccc(F)c(Cl)c1. The van der Waals surface area contributed by atoms with E-state index >= 15 is 0 Å². The molecular formula is C22H30B5ClFN7O. The Morgan fingerprint density at radius 1 is 1.08 bits per heavy atom. The molecule has 188 valence electrons. The Bertz CT molecular complexity index is 1290. The molecule has 37 heavy (non-hydrogen) atoms. The van der Waals surface area contributed by atoms with Gasteiger partial charge in [-0.1, -0.05) is 11.6 Å². The quantitative estimate of drug-likeness (QED) is 0.409. The molecule has 1 aliphatic carbocycles. The van der Waals surface area contributed by atoms with E-state index < -0.39 is 11.2 Å². The normalized spacial score (nSPS) is 21.7. The number of ether oxygens (including phenoxy) is 1. The summed E-state index contributed by atoms with van der Waals surface area (Å²) in [4.78, 5) is 15.9. The molecule has 3 heterocycles. The van der Waals surface area contributed by atoms with Gasteiger partial charge in [0.15, 0.2) is 0 Å². The van der Waals surface area contributed by atoms with Crippen molar-refractivity contribution in [1.82, 2.24) is 24.7 Å². The summed E-state index contributed by atoms with van der Waals surface area (Å²) in [5.74, 6) is 2.35. The number of hydrogen-bond acceptors (Lipinski definition) is 7. The minimum atomic E-state index is -0.494. The number of piperidine rings is 1. The first-order valence-corrected chi connectivity index (χ1v) is 13.2. The van der Waals surface area contributed by atoms with Crippen LogP contribution in [0.1, 0.15) is 18.5 Å². The molecule has 2 fully saturated rings. The number of rotatable bonds is 7. The second-order valence-corrected chi connectivity index (χ2v) is 12.2. The van der Waals surface area contributed by atoms with E-state index in [1.807, 2.05) is 11.6 Å². The van der Waals surface area contributed by atoms with E-state index in [2.05, 4.69) is 65.5 Å². The molecule has 1 aliphatic heterocycles. The summed E-state index contributed by atoms with van der Waals surface area (Å²) >= 11 is 6.00. The Labute approximate surface area is 226 Å². The van der Waals surface area contributed by atoms with E-state index in [0.717, 1.165) is 37.4 Å². The Balaban J connectivity index is 1.40. The zero-order valence-electron chi connectivity index (χ0n) is 22.3. The lowest BCUT2D eigenvalue weighted by Gasteiger charge is -2.40. The molecule has 1 saturated heterocycles. The molecular weight excluding hydrogens is 487 g/mol. The average molecular weight is 517 g/mol. The Hall–Kier alpha value is -2.62. The monoisotopic (exact) mass is 517 g/mol. The second kappa shape index (κ2) is 9.60. The molecule has 3 aromatic rings. The van der Waals surface area contributed by atoms with E-state index in [9.17, 15) is 4.39 Å². The summed E-state index contributed by atoms with van der Waals surface area (Å²) in [5, 5.41) is 7.97. The van der Waals surface area contributed by atoms with Gasteiger partial charge in [0.2, 0.25) is 5.95 Å². The standard InChI is InChI=1S/C22H30B5ClFN7O/c1-11-6-17(31-10-30-11)35-8-12-2-3-13(9-35)18(12)32-19-33-20(36(34-19)22(26,27)21(23,24)25)37-14-4-5-16(29)15(28)7-14/h4-7,10,12-13,18H,2-3,8-9,23-27H2,1H3,(H,32,34)/t12-,13+,18-. The van der Waals surface area contributed by atoms with Gasteiger partial charge in [-0.15, -0.1) is 10.2 Å². The van der Waals surface area contributed by atoms with Gasteiger partial charge in [0.25, 0.3) is 0 Å². The Morgan fingerprint density at radius 3 is 2.41 bits per heavy atom. The van der Waals surface area contributed by atoms with Crippen molar-refractivity contribution in [3.8, 4) is 11.8 Å². The topological polar surface area (TPSA) is 81.0 Å². The second-order valence-electron chi connectivity index (χ2n) is 11.8. The molecule has 1 saturated carbocycles. The van der Waals surface area contributed by atoms with E-state index in [1.165, 1.54) is 12.1 Å². The molecule has 3 atom stereocenters. The van der Waals surface area contributed by atoms with Crippen LogP contribution in [0.15, 0.2) is 30.6 Å². The highest BCUT2D eigenvalue weighted by molar-refractivity contribution is 6.66. The number of nitrogens with one attached hydrogen (secondary N) is 1. The minimum Gasteiger partial charge on any atom is -0.424 e. The number of hydrogen-bond donors (Lipinski definition) is 1. The number of fused-ring (bicyclic) bond motifs is 2. The van der Waals surface area contributed by atoms with Crippen molar-refractivity contribution in [1.29, 1.82) is 0 Å². The van der Waals surface area contributed by atoms with Gasteiger partial charge in [0.05, 0.1) is 28.6 Å². The lowest BCUT2D eigenvalue weighted by molar-refractivity contribution is 0.373. The minimum absolute atomic E-state index is 0.000730. The summed E-state index contributed by atoms with van der Waals surface area (Å²) in [5.41, 5.74) is 0.976. The van der Waals surface area contributed by atoms with Gasteiger partial charge < -0.3 is 15.0 Å². The first-order chi connectivity index (χ1) is 17.4. The van der Waals surface area contributed by atoms with E-state index in [0.29, 0.717) is 29.5 Å². The van der Waals surface area contributed by atoms with Gasteiger partial charge >= 0.3 is 6.01 Å². The maximum Gasteiger partial charge on any atom is 0.321 e. The zero-order chi connectivity index (χ0) is 26.5. The summed E-state index contributed by atoms with van der Waals surface area (Å²) in [6.07, 6.45) is 3.93. The van der Waals surface area contributed by atoms with Gasteiger partial charge in [-0.2, -0.15) is 4.98 Å². The molecule has 0 unspecified atom stereocenters. The molecule has 1 N–H and O–H groups in total. The summed E-state index contributed by atoms with van der Waals surface area (Å²) in [6, 6.07) is 6.94. The van der Waals surface area contributed by atoms with E-state index in [1.54, 1.807) is 12.4 Å². The first-order valence-electron chi connectivity index (χ1n) is 12.8. The van der Waals surface area contributed by atoms with Crippen LogP contribution < -0.4 is 15.0 Å². The molecule has 2 aliphatic rings. The fraction of sp³-hybridized carbons (Fsp3) is 0.455. The third-order valence-electron chi connectivity index (χ3n) is 8.29. The number of halogens is 2. The van der Waals surface area contributed by atoms with Crippen molar-refractivity contribution in [2.45, 2.75) is 36.3 Å². The number of aryl methyl sites for hydroxylation is 1. The summed E-state index contributed by atoms with van der Waals surface area (Å²) in [7, 11) is 10.7. The number of anilines is 2. The maximum atomic E-state index is 13.7. The van der Waals surface area contributed by atoms with Gasteiger partial charge in [0.1, 0.15) is 39.4 Å². The maximum absolute atomic E-state index is 13.7. The highest BCUT2D eigenvalue weighted by Crippen LogP contribution is 2.41. The van der Waals surface area contributed by atoms with Gasteiger partial charge in [-0.25, -0.2) is 19.0 Å². The smallest absolute Gasteiger partial charge is 0.321 e. The first kappa shape index (κ1) is 26.0. The molecule has 0 radical (unpaired) electrons. The predicted octanol–water partition coefficient (Wildman–Crippen LogP) is -0.862. The fourth-order valence-electron chi connectivity index (χ4n) is 5.16. The van der Waals surface area contributed by atoms with Crippen LogP contribution in [0.4, 0.5) is 16.2 Å². The van der Waals surface area contributed by atoms with E-state index in [-0.39, 0.29) is 16.2 Å². The largest absolute Gasteiger partial charge is 0.424 e. The van der Waals surface area contributed by atoms with Gasteiger partial charge in [-0.3, -0.25) is 0 Å². The number of benzene rings is 1. The van der Waals surface area contributed by atoms with Crippen LogP contribution in [0.2, 0.25) is 10.1 Å². The fourth-order valence-corrected chi connectivity index (χ4v) is 5.33. The average Bonchev–Trinajstić information content (AvgIpc) is 3.31. The van der Waals surface area contributed by atoms with Crippen molar-refractivity contribution < 1.29 is 9.13 Å². The van der Waals surface area contributed by atoms with Crippen molar-refractivity contribution in [3.05, 3.63) is 47.1 Å². The summed E-state index contributed by atoms with van der Waals surface area (Å²) < 4.78 is 21.7. The number of aromatic nitrogens is 5. The van der Waals surface area contributed by atoms with Gasteiger partial charge in [0, 0.05) is 37.0 Å². The molecule has 0 spiro atoms. The molecule has 0 amide bonds. The number of nitrogens with zero attached hydrogens (tertiary/aromatic N) is 6. The molecule has 8 nitrogen and oxygen atoms in total. The van der Waals surface area contributed by atoms with Crippen molar-refractivity contribution >= 4 is 62.6 Å². The van der Waals surface area contributed by atoms with Crippen LogP contribution in [0.5, 0.6) is 11.8 Å². The summed E-state index contributed by atoms with van der Waals surface area (Å²) in [6.45, 7) is 3.85. The molecule has 1 aromatic carbocycles. The predicted molar refractivity (Wildman–Crippen MR) is 157 cm³/mol. The van der Waals surface area contributed by atoms with E-state index in [4.69, 9.17) is 26.4 Å². The van der Waals surface area contributed by atoms with Crippen molar-refractivity contribution in [3.63, 3.8) is 0 Å². The van der Waals surface area contributed by atoms with Crippen molar-refractivity contribution in [2.24, 2.45) is 11.8 Å². The Morgan fingerprint density at radius 2 is 1.78 bits per heavy atom. The van der Waals surface area contributed by atoms with Crippen LogP contribution in [0.3, 0.4) is 0 Å². The van der Waals surface area contributed by atoms with Crippen LogP contribution in [0.25, 0.3) is 0 Å². The highest BCUT2D eigenvalue weighted by Gasteiger charge is 2.44. The lowest BCUT2D eigenvalue weighted by Crippen LogP contribution is -2.49. The molecule has 5 rings (SSSR count). The van der Waals surface area contributed by atoms with Crippen molar-refractivity contribution in [2.75, 3.05) is 23.3 Å². The molecule has 2 aromatic heterocycles. The lowest BCUT2D eigenvalue weighted by atomic mass is 9.26. The van der Waals surface area contributed by atoms with Gasteiger partial charge in [-0.05, 0) is 49.1 Å². The molecule has 2 bridgehead atoms. The van der Waals surface area contributed by atoms with Crippen LogP contribution in [-0.4, -0.2) is 83.1 Å². The third-order valence-corrected chi connectivity index (χ3v) is 8.58.